The second-order valence-electron chi connectivity index (χ2n) is 4.70. The van der Waals surface area contributed by atoms with Crippen molar-refractivity contribution in [3.63, 3.8) is 0 Å². The van der Waals surface area contributed by atoms with Gasteiger partial charge in [-0.15, -0.1) is 0 Å². The van der Waals surface area contributed by atoms with Crippen LogP contribution in [0, 0.1) is 5.92 Å². The zero-order valence-corrected chi connectivity index (χ0v) is 10.1. The normalized spacial score (nSPS) is 15.6. The third-order valence-electron chi connectivity index (χ3n) is 3.21. The highest BCUT2D eigenvalue weighted by Gasteiger charge is 2.17. The molecule has 1 aliphatic heterocycles. The SMILES string of the molecule is O=C(Cc1cn2ccccc2n1)NCC1CNC1. The van der Waals surface area contributed by atoms with Crippen molar-refractivity contribution in [2.24, 2.45) is 5.92 Å². The van der Waals surface area contributed by atoms with Crippen LogP contribution >= 0.6 is 0 Å². The van der Waals surface area contributed by atoms with Crippen LogP contribution in [0.5, 0.6) is 0 Å². The first kappa shape index (κ1) is 11.2. The van der Waals surface area contributed by atoms with E-state index in [2.05, 4.69) is 15.6 Å². The fourth-order valence-corrected chi connectivity index (χ4v) is 2.05. The summed E-state index contributed by atoms with van der Waals surface area (Å²) in [4.78, 5) is 16.2. The van der Waals surface area contributed by atoms with Gasteiger partial charge >= 0.3 is 0 Å². The monoisotopic (exact) mass is 244 g/mol. The average Bonchev–Trinajstić information content (AvgIpc) is 2.68. The minimum atomic E-state index is 0.0466. The third-order valence-corrected chi connectivity index (χ3v) is 3.21. The molecule has 0 aliphatic carbocycles. The quantitative estimate of drug-likeness (QED) is 0.808. The molecule has 1 fully saturated rings. The molecule has 18 heavy (non-hydrogen) atoms. The molecule has 94 valence electrons. The zero-order chi connectivity index (χ0) is 12.4. The maximum absolute atomic E-state index is 11.8. The van der Waals surface area contributed by atoms with Gasteiger partial charge in [0.05, 0.1) is 12.1 Å². The van der Waals surface area contributed by atoms with Crippen LogP contribution in [0.25, 0.3) is 5.65 Å². The van der Waals surface area contributed by atoms with Crippen molar-refractivity contribution in [1.29, 1.82) is 0 Å². The van der Waals surface area contributed by atoms with Gasteiger partial charge in [0.15, 0.2) is 0 Å². The van der Waals surface area contributed by atoms with Gasteiger partial charge in [0, 0.05) is 37.9 Å². The highest BCUT2D eigenvalue weighted by Crippen LogP contribution is 2.05. The van der Waals surface area contributed by atoms with Crippen LogP contribution in [0.1, 0.15) is 5.69 Å². The fourth-order valence-electron chi connectivity index (χ4n) is 2.05. The van der Waals surface area contributed by atoms with Crippen molar-refractivity contribution in [1.82, 2.24) is 20.0 Å². The molecule has 1 saturated heterocycles. The summed E-state index contributed by atoms with van der Waals surface area (Å²) in [6, 6.07) is 5.82. The summed E-state index contributed by atoms with van der Waals surface area (Å²) in [6.45, 7) is 2.78. The van der Waals surface area contributed by atoms with E-state index < -0.39 is 0 Å². The Labute approximate surface area is 105 Å². The van der Waals surface area contributed by atoms with Crippen molar-refractivity contribution >= 4 is 11.6 Å². The summed E-state index contributed by atoms with van der Waals surface area (Å²) in [5.41, 5.74) is 1.69. The number of fused-ring (bicyclic) bond motifs is 1. The molecule has 3 heterocycles. The molecule has 0 aromatic carbocycles. The lowest BCUT2D eigenvalue weighted by Gasteiger charge is -2.26. The van der Waals surface area contributed by atoms with Gasteiger partial charge in [0.2, 0.25) is 5.91 Å². The molecule has 0 unspecified atom stereocenters. The first-order valence-electron chi connectivity index (χ1n) is 6.21. The number of hydrogen-bond acceptors (Lipinski definition) is 3. The smallest absolute Gasteiger partial charge is 0.226 e. The Balaban J connectivity index is 1.59. The van der Waals surface area contributed by atoms with Gasteiger partial charge in [-0.25, -0.2) is 4.98 Å². The lowest BCUT2D eigenvalue weighted by Crippen LogP contribution is -2.48. The number of hydrogen-bond donors (Lipinski definition) is 2. The number of amides is 1. The molecular weight excluding hydrogens is 228 g/mol. The molecule has 2 aromatic heterocycles. The van der Waals surface area contributed by atoms with E-state index in [0.29, 0.717) is 12.3 Å². The number of carbonyl (C=O) groups is 1. The van der Waals surface area contributed by atoms with E-state index in [9.17, 15) is 4.79 Å². The summed E-state index contributed by atoms with van der Waals surface area (Å²) in [6.07, 6.45) is 4.19. The van der Waals surface area contributed by atoms with E-state index in [1.54, 1.807) is 0 Å². The van der Waals surface area contributed by atoms with Crippen molar-refractivity contribution in [3.8, 4) is 0 Å². The Morgan fingerprint density at radius 1 is 1.50 bits per heavy atom. The van der Waals surface area contributed by atoms with Crippen molar-refractivity contribution in [3.05, 3.63) is 36.3 Å². The van der Waals surface area contributed by atoms with Gasteiger partial charge in [-0.1, -0.05) is 6.07 Å². The Morgan fingerprint density at radius 3 is 3.11 bits per heavy atom. The Kier molecular flexibility index (Phi) is 2.98. The molecule has 0 saturated carbocycles. The molecule has 0 spiro atoms. The summed E-state index contributed by atoms with van der Waals surface area (Å²) in [5, 5.41) is 6.13. The van der Waals surface area contributed by atoms with Crippen LogP contribution in [0.15, 0.2) is 30.6 Å². The summed E-state index contributed by atoms with van der Waals surface area (Å²) in [7, 11) is 0. The number of rotatable bonds is 4. The Morgan fingerprint density at radius 2 is 2.39 bits per heavy atom. The van der Waals surface area contributed by atoms with Crippen LogP contribution in [-0.4, -0.2) is 34.9 Å². The molecule has 1 aliphatic rings. The van der Waals surface area contributed by atoms with E-state index >= 15 is 0 Å². The number of nitrogens with zero attached hydrogens (tertiary/aromatic N) is 2. The number of carbonyl (C=O) groups excluding carboxylic acids is 1. The van der Waals surface area contributed by atoms with Gasteiger partial charge < -0.3 is 15.0 Å². The maximum atomic E-state index is 11.8. The zero-order valence-electron chi connectivity index (χ0n) is 10.1. The summed E-state index contributed by atoms with van der Waals surface area (Å²) in [5.74, 6) is 0.639. The lowest BCUT2D eigenvalue weighted by atomic mass is 10.0. The van der Waals surface area contributed by atoms with Crippen LogP contribution in [0.3, 0.4) is 0 Å². The van der Waals surface area contributed by atoms with E-state index in [4.69, 9.17) is 0 Å². The molecule has 0 radical (unpaired) electrons. The molecular formula is C13H16N4O. The molecule has 2 N–H and O–H groups in total. The first-order valence-corrected chi connectivity index (χ1v) is 6.21. The molecule has 1 amide bonds. The van der Waals surface area contributed by atoms with Gasteiger partial charge in [-0.3, -0.25) is 4.79 Å². The van der Waals surface area contributed by atoms with Crippen molar-refractivity contribution in [2.75, 3.05) is 19.6 Å². The second kappa shape index (κ2) is 4.78. The maximum Gasteiger partial charge on any atom is 0.226 e. The summed E-state index contributed by atoms with van der Waals surface area (Å²) < 4.78 is 1.93. The van der Waals surface area contributed by atoms with Gasteiger partial charge in [-0.05, 0) is 12.1 Å². The largest absolute Gasteiger partial charge is 0.355 e. The number of pyridine rings is 1. The topological polar surface area (TPSA) is 58.4 Å². The highest BCUT2D eigenvalue weighted by atomic mass is 16.1. The minimum absolute atomic E-state index is 0.0466. The van der Waals surface area contributed by atoms with Crippen molar-refractivity contribution in [2.45, 2.75) is 6.42 Å². The molecule has 5 heteroatoms. The van der Waals surface area contributed by atoms with Gasteiger partial charge in [-0.2, -0.15) is 0 Å². The standard InChI is InChI=1S/C13H16N4O/c18-13(15-8-10-6-14-7-10)5-11-9-17-4-2-1-3-12(17)16-11/h1-4,9-10,14H,5-8H2,(H,15,18). The molecule has 0 atom stereocenters. The van der Waals surface area contributed by atoms with E-state index in [1.807, 2.05) is 35.0 Å². The fraction of sp³-hybridized carbons (Fsp3) is 0.385. The summed E-state index contributed by atoms with van der Waals surface area (Å²) >= 11 is 0. The van der Waals surface area contributed by atoms with Gasteiger partial charge in [0.25, 0.3) is 0 Å². The Hall–Kier alpha value is -1.88. The van der Waals surface area contributed by atoms with Gasteiger partial charge in [0.1, 0.15) is 5.65 Å². The number of imidazole rings is 1. The molecule has 2 aromatic rings. The second-order valence-corrected chi connectivity index (χ2v) is 4.70. The predicted octanol–water partition coefficient (Wildman–Crippen LogP) is 0.212. The minimum Gasteiger partial charge on any atom is -0.355 e. The van der Waals surface area contributed by atoms with E-state index in [-0.39, 0.29) is 5.91 Å². The van der Waals surface area contributed by atoms with E-state index in [1.165, 1.54) is 0 Å². The van der Waals surface area contributed by atoms with Crippen molar-refractivity contribution < 1.29 is 4.79 Å². The van der Waals surface area contributed by atoms with Crippen LogP contribution < -0.4 is 10.6 Å². The Bertz CT molecular complexity index is 526. The van der Waals surface area contributed by atoms with Crippen LogP contribution in [0.4, 0.5) is 0 Å². The lowest BCUT2D eigenvalue weighted by molar-refractivity contribution is -0.120. The van der Waals surface area contributed by atoms with Crippen LogP contribution in [-0.2, 0) is 11.2 Å². The highest BCUT2D eigenvalue weighted by molar-refractivity contribution is 5.78. The average molecular weight is 244 g/mol. The first-order chi connectivity index (χ1) is 8.81. The number of aromatic nitrogens is 2. The molecule has 3 rings (SSSR count). The number of nitrogens with one attached hydrogen (secondary N) is 2. The van der Waals surface area contributed by atoms with Crippen LogP contribution in [0.2, 0.25) is 0 Å². The molecule has 5 nitrogen and oxygen atoms in total. The van der Waals surface area contributed by atoms with E-state index in [0.717, 1.165) is 31.0 Å². The molecule has 0 bridgehead atoms. The predicted molar refractivity (Wildman–Crippen MR) is 68.3 cm³/mol. The third kappa shape index (κ3) is 2.36.